The van der Waals surface area contributed by atoms with Crippen LogP contribution in [-0.2, 0) is 6.42 Å². The highest BCUT2D eigenvalue weighted by Gasteiger charge is 2.18. The standard InChI is InChI=1S/C11H17ClN2S/c1-14(8-9-6-13-7-9)5-4-10-2-3-11(12)15-10/h2-3,9,13H,4-8H2,1H3. The van der Waals surface area contributed by atoms with E-state index in [4.69, 9.17) is 11.6 Å². The molecule has 0 unspecified atom stereocenters. The lowest BCUT2D eigenvalue weighted by molar-refractivity contribution is 0.226. The summed E-state index contributed by atoms with van der Waals surface area (Å²) in [7, 11) is 2.20. The molecule has 0 atom stereocenters. The smallest absolute Gasteiger partial charge is 0.0931 e. The maximum absolute atomic E-state index is 5.89. The van der Waals surface area contributed by atoms with Crippen LogP contribution in [0.3, 0.4) is 0 Å². The van der Waals surface area contributed by atoms with E-state index in [0.717, 1.165) is 23.2 Å². The molecule has 15 heavy (non-hydrogen) atoms. The molecule has 84 valence electrons. The van der Waals surface area contributed by atoms with Gasteiger partial charge in [-0.2, -0.15) is 0 Å². The van der Waals surface area contributed by atoms with Gasteiger partial charge in [-0.25, -0.2) is 0 Å². The largest absolute Gasteiger partial charge is 0.316 e. The molecule has 2 heterocycles. The molecule has 1 fully saturated rings. The summed E-state index contributed by atoms with van der Waals surface area (Å²) < 4.78 is 0.899. The van der Waals surface area contributed by atoms with Crippen LogP contribution in [0.1, 0.15) is 4.88 Å². The number of halogens is 1. The average molecular weight is 245 g/mol. The Morgan fingerprint density at radius 1 is 1.53 bits per heavy atom. The topological polar surface area (TPSA) is 15.3 Å². The van der Waals surface area contributed by atoms with Crippen LogP contribution < -0.4 is 5.32 Å². The maximum atomic E-state index is 5.89. The fourth-order valence-electron chi connectivity index (χ4n) is 1.80. The fraction of sp³-hybridized carbons (Fsp3) is 0.636. The zero-order valence-corrected chi connectivity index (χ0v) is 10.6. The van der Waals surface area contributed by atoms with Gasteiger partial charge in [-0.05, 0) is 31.5 Å². The van der Waals surface area contributed by atoms with Crippen LogP contribution in [0.25, 0.3) is 0 Å². The van der Waals surface area contributed by atoms with Gasteiger partial charge in [0.1, 0.15) is 0 Å². The zero-order chi connectivity index (χ0) is 10.7. The van der Waals surface area contributed by atoms with Crippen molar-refractivity contribution in [2.75, 3.05) is 33.2 Å². The normalized spacial score (nSPS) is 17.0. The van der Waals surface area contributed by atoms with E-state index < -0.39 is 0 Å². The number of nitrogens with zero attached hydrogens (tertiary/aromatic N) is 1. The first-order valence-corrected chi connectivity index (χ1v) is 6.57. The molecule has 1 aromatic rings. The molecule has 0 radical (unpaired) electrons. The van der Waals surface area contributed by atoms with Crippen LogP contribution in [0.2, 0.25) is 4.34 Å². The molecule has 1 saturated heterocycles. The quantitative estimate of drug-likeness (QED) is 0.854. The average Bonchev–Trinajstić information content (AvgIpc) is 2.55. The lowest BCUT2D eigenvalue weighted by atomic mass is 10.0. The Hall–Kier alpha value is -0.0900. The third-order valence-electron chi connectivity index (χ3n) is 2.80. The molecule has 0 saturated carbocycles. The summed E-state index contributed by atoms with van der Waals surface area (Å²) in [5.41, 5.74) is 0. The molecule has 0 bridgehead atoms. The third-order valence-corrected chi connectivity index (χ3v) is 4.10. The minimum atomic E-state index is 0.863. The van der Waals surface area contributed by atoms with Gasteiger partial charge in [0.2, 0.25) is 0 Å². The summed E-state index contributed by atoms with van der Waals surface area (Å²) in [6, 6.07) is 4.11. The van der Waals surface area contributed by atoms with Gasteiger partial charge < -0.3 is 10.2 Å². The SMILES string of the molecule is CN(CCc1ccc(Cl)s1)CC1CNC1. The number of likely N-dealkylation sites (N-methyl/N-ethyl adjacent to an activating group) is 1. The Balaban J connectivity index is 1.68. The van der Waals surface area contributed by atoms with Crippen LogP contribution in [0, 0.1) is 5.92 Å². The summed E-state index contributed by atoms with van der Waals surface area (Å²) in [5, 5.41) is 3.30. The van der Waals surface area contributed by atoms with Crippen molar-refractivity contribution in [3.8, 4) is 0 Å². The highest BCUT2D eigenvalue weighted by atomic mass is 35.5. The molecule has 1 aliphatic heterocycles. The molecule has 0 amide bonds. The Bertz CT molecular complexity index is 309. The van der Waals surface area contributed by atoms with Crippen molar-refractivity contribution < 1.29 is 0 Å². The highest BCUT2D eigenvalue weighted by molar-refractivity contribution is 7.16. The van der Waals surface area contributed by atoms with Crippen molar-refractivity contribution in [1.82, 2.24) is 10.2 Å². The summed E-state index contributed by atoms with van der Waals surface area (Å²) in [5.74, 6) is 0.863. The molecule has 0 aliphatic carbocycles. The second-order valence-corrected chi connectivity index (χ2v) is 6.04. The predicted molar refractivity (Wildman–Crippen MR) is 66.9 cm³/mol. The van der Waals surface area contributed by atoms with Gasteiger partial charge >= 0.3 is 0 Å². The minimum absolute atomic E-state index is 0.863. The minimum Gasteiger partial charge on any atom is -0.316 e. The Labute approximate surface area is 100 Å². The van der Waals surface area contributed by atoms with E-state index in [0.29, 0.717) is 0 Å². The number of thiophene rings is 1. The first kappa shape index (κ1) is 11.4. The lowest BCUT2D eigenvalue weighted by Gasteiger charge is -2.31. The Kier molecular flexibility index (Phi) is 4.03. The second kappa shape index (κ2) is 5.30. The van der Waals surface area contributed by atoms with Gasteiger partial charge in [-0.1, -0.05) is 11.6 Å². The Morgan fingerprint density at radius 2 is 2.33 bits per heavy atom. The molecule has 0 aromatic carbocycles. The molecule has 4 heteroatoms. The number of hydrogen-bond donors (Lipinski definition) is 1. The molecule has 0 spiro atoms. The predicted octanol–water partition coefficient (Wildman–Crippen LogP) is 2.10. The first-order valence-electron chi connectivity index (χ1n) is 5.37. The number of nitrogens with one attached hydrogen (secondary N) is 1. The van der Waals surface area contributed by atoms with Crippen molar-refractivity contribution in [2.24, 2.45) is 5.92 Å². The summed E-state index contributed by atoms with van der Waals surface area (Å²) in [4.78, 5) is 3.80. The van der Waals surface area contributed by atoms with Gasteiger partial charge in [0, 0.05) is 31.1 Å². The first-order chi connectivity index (χ1) is 7.24. The molecular formula is C11H17ClN2S. The van der Waals surface area contributed by atoms with E-state index in [1.807, 2.05) is 6.07 Å². The van der Waals surface area contributed by atoms with Gasteiger partial charge in [0.25, 0.3) is 0 Å². The van der Waals surface area contributed by atoms with Crippen LogP contribution >= 0.6 is 22.9 Å². The monoisotopic (exact) mass is 244 g/mol. The second-order valence-electron chi connectivity index (χ2n) is 4.24. The Morgan fingerprint density at radius 3 is 2.87 bits per heavy atom. The maximum Gasteiger partial charge on any atom is 0.0931 e. The molecule has 2 nitrogen and oxygen atoms in total. The molecule has 1 aromatic heterocycles. The van der Waals surface area contributed by atoms with Gasteiger partial charge in [0.15, 0.2) is 0 Å². The van der Waals surface area contributed by atoms with Crippen LogP contribution in [-0.4, -0.2) is 38.1 Å². The van der Waals surface area contributed by atoms with Crippen molar-refractivity contribution in [3.05, 3.63) is 21.3 Å². The van der Waals surface area contributed by atoms with E-state index in [-0.39, 0.29) is 0 Å². The van der Waals surface area contributed by atoms with E-state index in [1.165, 1.54) is 24.5 Å². The third kappa shape index (κ3) is 3.45. The van der Waals surface area contributed by atoms with E-state index in [9.17, 15) is 0 Å². The highest BCUT2D eigenvalue weighted by Crippen LogP contribution is 2.21. The summed E-state index contributed by atoms with van der Waals surface area (Å²) >= 11 is 7.58. The number of hydrogen-bond acceptors (Lipinski definition) is 3. The van der Waals surface area contributed by atoms with Crippen molar-refractivity contribution in [2.45, 2.75) is 6.42 Å². The zero-order valence-electron chi connectivity index (χ0n) is 9.00. The van der Waals surface area contributed by atoms with Crippen LogP contribution in [0.15, 0.2) is 12.1 Å². The van der Waals surface area contributed by atoms with E-state index >= 15 is 0 Å². The van der Waals surface area contributed by atoms with Gasteiger partial charge in [-0.15, -0.1) is 11.3 Å². The molecular weight excluding hydrogens is 228 g/mol. The van der Waals surface area contributed by atoms with Crippen molar-refractivity contribution in [1.29, 1.82) is 0 Å². The summed E-state index contributed by atoms with van der Waals surface area (Å²) in [6.45, 7) is 4.73. The molecule has 1 N–H and O–H groups in total. The van der Waals surface area contributed by atoms with Crippen molar-refractivity contribution >= 4 is 22.9 Å². The molecule has 2 rings (SSSR count). The number of rotatable bonds is 5. The fourth-order valence-corrected chi connectivity index (χ4v) is 2.87. The van der Waals surface area contributed by atoms with Crippen molar-refractivity contribution in [3.63, 3.8) is 0 Å². The van der Waals surface area contributed by atoms with Gasteiger partial charge in [-0.3, -0.25) is 0 Å². The molecule has 1 aliphatic rings. The summed E-state index contributed by atoms with van der Waals surface area (Å²) in [6.07, 6.45) is 1.12. The van der Waals surface area contributed by atoms with Gasteiger partial charge in [0.05, 0.1) is 4.34 Å². The van der Waals surface area contributed by atoms with E-state index in [2.05, 4.69) is 23.3 Å². The van der Waals surface area contributed by atoms with Crippen LogP contribution in [0.4, 0.5) is 0 Å². The van der Waals surface area contributed by atoms with Crippen LogP contribution in [0.5, 0.6) is 0 Å². The van der Waals surface area contributed by atoms with E-state index in [1.54, 1.807) is 11.3 Å². The lowest BCUT2D eigenvalue weighted by Crippen LogP contribution is -2.47.